The Morgan fingerprint density at radius 1 is 1.65 bits per heavy atom. The predicted molar refractivity (Wildman–Crippen MR) is 72.9 cm³/mol. The average molecular weight is 281 g/mol. The fourth-order valence-electron chi connectivity index (χ4n) is 2.18. The first kappa shape index (κ1) is 14.5. The van der Waals surface area contributed by atoms with E-state index < -0.39 is 17.4 Å². The summed E-state index contributed by atoms with van der Waals surface area (Å²) in [5, 5.41) is 12.2. The lowest BCUT2D eigenvalue weighted by atomic mass is 9.85. The van der Waals surface area contributed by atoms with Gasteiger partial charge in [0, 0.05) is 18.4 Å². The quantitative estimate of drug-likeness (QED) is 0.845. The second kappa shape index (κ2) is 5.24. The molecule has 2 atom stereocenters. The van der Waals surface area contributed by atoms with E-state index in [1.807, 2.05) is 13.8 Å². The molecule has 1 saturated heterocycles. The van der Waals surface area contributed by atoms with Crippen LogP contribution in [0.4, 0.5) is 5.82 Å². The lowest BCUT2D eigenvalue weighted by molar-refractivity contribution is -0.148. The first-order valence-electron chi connectivity index (χ1n) is 6.51. The van der Waals surface area contributed by atoms with Gasteiger partial charge in [-0.3, -0.25) is 9.59 Å². The number of carboxylic acid groups (broad SMARTS) is 1. The highest BCUT2D eigenvalue weighted by molar-refractivity contribution is 5.76. The van der Waals surface area contributed by atoms with Crippen LogP contribution >= 0.6 is 0 Å². The fourth-order valence-corrected chi connectivity index (χ4v) is 2.18. The first-order valence-corrected chi connectivity index (χ1v) is 6.51. The maximum absolute atomic E-state index is 12.2. The molecule has 2 N–H and O–H groups in total. The van der Waals surface area contributed by atoms with Crippen molar-refractivity contribution in [3.63, 3.8) is 0 Å². The largest absolute Gasteiger partial charge is 0.481 e. The van der Waals surface area contributed by atoms with E-state index in [0.29, 0.717) is 0 Å². The Bertz CT molecular complexity index is 569. The molecule has 0 spiro atoms. The van der Waals surface area contributed by atoms with E-state index in [2.05, 4.69) is 10.3 Å². The van der Waals surface area contributed by atoms with E-state index in [1.165, 1.54) is 6.20 Å². The zero-order chi connectivity index (χ0) is 14.9. The first-order chi connectivity index (χ1) is 9.36. The van der Waals surface area contributed by atoms with E-state index in [4.69, 9.17) is 4.74 Å². The summed E-state index contributed by atoms with van der Waals surface area (Å²) in [5.74, 6) is -0.795. The van der Waals surface area contributed by atoms with Gasteiger partial charge in [-0.2, -0.15) is 0 Å². The normalized spacial score (nSPS) is 25.9. The van der Waals surface area contributed by atoms with Gasteiger partial charge in [0.15, 0.2) is 5.82 Å². The molecule has 0 saturated carbocycles. The van der Waals surface area contributed by atoms with Crippen molar-refractivity contribution < 1.29 is 14.6 Å². The zero-order valence-corrected chi connectivity index (χ0v) is 11.8. The minimum Gasteiger partial charge on any atom is -0.481 e. The van der Waals surface area contributed by atoms with Gasteiger partial charge in [0.2, 0.25) is 0 Å². The molecule has 1 aromatic heterocycles. The molecule has 0 aromatic carbocycles. The molecule has 1 aliphatic rings. The number of hydrogen-bond acceptors (Lipinski definition) is 5. The van der Waals surface area contributed by atoms with Crippen molar-refractivity contribution in [3.05, 3.63) is 22.7 Å². The third-order valence-electron chi connectivity index (χ3n) is 3.68. The third-order valence-corrected chi connectivity index (χ3v) is 3.68. The highest BCUT2D eigenvalue weighted by Gasteiger charge is 2.47. The van der Waals surface area contributed by atoms with Gasteiger partial charge in [-0.1, -0.05) is 0 Å². The number of aliphatic carboxylic acids is 1. The maximum Gasteiger partial charge on any atom is 0.313 e. The Morgan fingerprint density at radius 3 is 2.95 bits per heavy atom. The van der Waals surface area contributed by atoms with Crippen molar-refractivity contribution in [1.82, 2.24) is 9.55 Å². The number of nitrogens with zero attached hydrogens (tertiary/aromatic N) is 2. The molecule has 1 aromatic rings. The van der Waals surface area contributed by atoms with Gasteiger partial charge in [-0.15, -0.1) is 0 Å². The summed E-state index contributed by atoms with van der Waals surface area (Å²) in [7, 11) is 0. The van der Waals surface area contributed by atoms with Gasteiger partial charge in [-0.05, 0) is 20.8 Å². The van der Waals surface area contributed by atoms with Crippen molar-refractivity contribution in [2.45, 2.75) is 32.9 Å². The monoisotopic (exact) mass is 281 g/mol. The number of carbonyl (C=O) groups is 1. The SMILES string of the molecule is CC(C)n1ccnc(NC2COCC2(C)C(=O)O)c1=O. The van der Waals surface area contributed by atoms with Crippen molar-refractivity contribution >= 4 is 11.8 Å². The van der Waals surface area contributed by atoms with Crippen LogP contribution in [0.2, 0.25) is 0 Å². The number of hydrogen-bond donors (Lipinski definition) is 2. The number of aromatic nitrogens is 2. The molecule has 7 nitrogen and oxygen atoms in total. The van der Waals surface area contributed by atoms with E-state index in [1.54, 1.807) is 17.7 Å². The average Bonchev–Trinajstić information content (AvgIpc) is 2.74. The highest BCUT2D eigenvalue weighted by Crippen LogP contribution is 2.30. The summed E-state index contributed by atoms with van der Waals surface area (Å²) in [4.78, 5) is 27.6. The molecule has 2 heterocycles. The Hall–Kier alpha value is -1.89. The lowest BCUT2D eigenvalue weighted by Gasteiger charge is -2.25. The molecule has 1 aliphatic heterocycles. The number of carboxylic acids is 1. The summed E-state index contributed by atoms with van der Waals surface area (Å²) >= 11 is 0. The number of ether oxygens (including phenoxy) is 1. The summed E-state index contributed by atoms with van der Waals surface area (Å²) in [6.45, 7) is 5.74. The van der Waals surface area contributed by atoms with E-state index >= 15 is 0 Å². The van der Waals surface area contributed by atoms with Crippen molar-refractivity contribution in [2.75, 3.05) is 18.5 Å². The summed E-state index contributed by atoms with van der Waals surface area (Å²) in [5.41, 5.74) is -1.32. The Kier molecular flexibility index (Phi) is 3.80. The summed E-state index contributed by atoms with van der Waals surface area (Å²) in [6, 6.07) is -0.472. The summed E-state index contributed by atoms with van der Waals surface area (Å²) in [6.07, 6.45) is 3.14. The second-order valence-electron chi connectivity index (χ2n) is 5.52. The third kappa shape index (κ3) is 2.40. The number of anilines is 1. The van der Waals surface area contributed by atoms with Gasteiger partial charge >= 0.3 is 5.97 Å². The van der Waals surface area contributed by atoms with Crippen LogP contribution in [0.5, 0.6) is 0 Å². The van der Waals surface area contributed by atoms with Gasteiger partial charge in [0.05, 0.1) is 19.3 Å². The Balaban J connectivity index is 2.29. The smallest absolute Gasteiger partial charge is 0.313 e. The van der Waals surface area contributed by atoms with Crippen LogP contribution in [0.1, 0.15) is 26.8 Å². The zero-order valence-electron chi connectivity index (χ0n) is 11.8. The molecule has 0 aliphatic carbocycles. The summed E-state index contributed by atoms with van der Waals surface area (Å²) < 4.78 is 6.79. The van der Waals surface area contributed by atoms with Gasteiger partial charge in [0.25, 0.3) is 5.56 Å². The number of rotatable bonds is 4. The minimum absolute atomic E-state index is 0.0109. The minimum atomic E-state index is -1.06. The fraction of sp³-hybridized carbons (Fsp3) is 0.615. The standard InChI is InChI=1S/C13H19N3O4/c1-8(2)16-5-4-14-10(11(16)17)15-9-6-20-7-13(9,3)12(18)19/h4-5,8-9H,6-7H2,1-3H3,(H,14,15)(H,18,19). The maximum atomic E-state index is 12.2. The molecular weight excluding hydrogens is 262 g/mol. The molecule has 1 fully saturated rings. The van der Waals surface area contributed by atoms with Crippen LogP contribution in [0.3, 0.4) is 0 Å². The van der Waals surface area contributed by atoms with Crippen molar-refractivity contribution in [3.8, 4) is 0 Å². The van der Waals surface area contributed by atoms with E-state index in [0.717, 1.165) is 0 Å². The Morgan fingerprint density at radius 2 is 2.35 bits per heavy atom. The molecule has 0 bridgehead atoms. The molecule has 0 amide bonds. The predicted octanol–water partition coefficient (Wildman–Crippen LogP) is 0.726. The van der Waals surface area contributed by atoms with Crippen LogP contribution in [0.15, 0.2) is 17.2 Å². The lowest BCUT2D eigenvalue weighted by Crippen LogP contribution is -2.45. The molecule has 2 rings (SSSR count). The number of nitrogens with one attached hydrogen (secondary N) is 1. The Labute approximate surface area is 116 Å². The van der Waals surface area contributed by atoms with Gasteiger partial charge in [-0.25, -0.2) is 4.98 Å². The topological polar surface area (TPSA) is 93.4 Å². The van der Waals surface area contributed by atoms with Gasteiger partial charge in [0.1, 0.15) is 5.41 Å². The highest BCUT2D eigenvalue weighted by atomic mass is 16.5. The molecule has 110 valence electrons. The molecule has 20 heavy (non-hydrogen) atoms. The van der Waals surface area contributed by atoms with Crippen LogP contribution in [0, 0.1) is 5.41 Å². The van der Waals surface area contributed by atoms with Crippen LogP contribution in [-0.2, 0) is 9.53 Å². The van der Waals surface area contributed by atoms with E-state index in [-0.39, 0.29) is 30.6 Å². The van der Waals surface area contributed by atoms with Crippen LogP contribution < -0.4 is 10.9 Å². The van der Waals surface area contributed by atoms with Crippen molar-refractivity contribution in [2.24, 2.45) is 5.41 Å². The van der Waals surface area contributed by atoms with Gasteiger partial charge < -0.3 is 19.7 Å². The molecule has 7 heteroatoms. The van der Waals surface area contributed by atoms with Crippen LogP contribution in [0.25, 0.3) is 0 Å². The molecule has 2 unspecified atom stereocenters. The van der Waals surface area contributed by atoms with E-state index in [9.17, 15) is 14.7 Å². The second-order valence-corrected chi connectivity index (χ2v) is 5.52. The molecular formula is C13H19N3O4. The molecule has 0 radical (unpaired) electrons. The van der Waals surface area contributed by atoms with Crippen LogP contribution in [-0.4, -0.2) is 39.9 Å². The van der Waals surface area contributed by atoms with Crippen molar-refractivity contribution in [1.29, 1.82) is 0 Å².